The van der Waals surface area contributed by atoms with Gasteiger partial charge in [0.05, 0.1) is 28.6 Å². The Morgan fingerprint density at radius 1 is 1.15 bits per heavy atom. The van der Waals surface area contributed by atoms with Crippen LogP contribution in [-0.2, 0) is 25.2 Å². The van der Waals surface area contributed by atoms with Gasteiger partial charge in [-0.1, -0.05) is 26.7 Å². The Balaban J connectivity index is 1.94. The first-order valence-corrected chi connectivity index (χ1v) is 17.7. The van der Waals surface area contributed by atoms with E-state index in [0.29, 0.717) is 51.0 Å². The zero-order chi connectivity index (χ0) is 40.4. The van der Waals surface area contributed by atoms with E-state index in [2.05, 4.69) is 17.0 Å². The molecule has 2 unspecified atom stereocenters. The summed E-state index contributed by atoms with van der Waals surface area (Å²) in [6.07, 6.45) is -3.14. The largest absolute Gasteiger partial charge is 0.509 e. The van der Waals surface area contributed by atoms with Crippen LogP contribution in [0.4, 0.5) is 36.4 Å². The molecule has 54 heavy (non-hydrogen) atoms. The Bertz CT molecular complexity index is 1620. The number of methoxy groups -OCH3 is 1. The van der Waals surface area contributed by atoms with Gasteiger partial charge in [0.25, 0.3) is 11.8 Å². The summed E-state index contributed by atoms with van der Waals surface area (Å²) in [6, 6.07) is 1.62. The standard InChI is InChI=1S/C37H48F7N5O5/c1-6-7-12-25(54-18-10-8-9-17-53-5)20-27(38)23(2)22-49-34(52)31(32(50)35(48(49)4)15-11-16-35)33(51)47-29-14-13-24(36(39,40)41)19-26(29)28(45)21-30(46-3)37(42,43)44/h13-14,19-21,23,25,45,50H,3,6-12,15-18,22H2,1-2,4-5H3,(H,47,51)/b27-20+,30-21-,45-28?. The van der Waals surface area contributed by atoms with Crippen molar-refractivity contribution in [1.29, 1.82) is 5.41 Å². The van der Waals surface area contributed by atoms with Gasteiger partial charge in [-0.25, -0.2) is 9.40 Å². The quantitative estimate of drug-likeness (QED) is 0.0560. The van der Waals surface area contributed by atoms with Crippen molar-refractivity contribution in [1.82, 2.24) is 10.0 Å². The van der Waals surface area contributed by atoms with Crippen LogP contribution >= 0.6 is 0 Å². The van der Waals surface area contributed by atoms with Crippen molar-refractivity contribution in [2.75, 3.05) is 39.2 Å². The molecule has 3 rings (SSSR count). The van der Waals surface area contributed by atoms with Crippen LogP contribution in [0.3, 0.4) is 0 Å². The van der Waals surface area contributed by atoms with Crippen LogP contribution < -0.4 is 5.32 Å². The predicted octanol–water partition coefficient (Wildman–Crippen LogP) is 8.46. The lowest BCUT2D eigenvalue weighted by Gasteiger charge is -2.55. The fourth-order valence-corrected chi connectivity index (χ4v) is 6.20. The zero-order valence-electron chi connectivity index (χ0n) is 30.8. The number of carbonyl (C=O) groups excluding carboxylic acids is 2. The van der Waals surface area contributed by atoms with E-state index < -0.39 is 87.1 Å². The van der Waals surface area contributed by atoms with E-state index >= 15 is 4.39 Å². The number of nitrogens with zero attached hydrogens (tertiary/aromatic N) is 3. The topological polar surface area (TPSA) is 128 Å². The van der Waals surface area contributed by atoms with Crippen molar-refractivity contribution in [2.45, 2.75) is 95.6 Å². The predicted molar refractivity (Wildman–Crippen MR) is 190 cm³/mol. The Morgan fingerprint density at radius 2 is 1.81 bits per heavy atom. The summed E-state index contributed by atoms with van der Waals surface area (Å²) in [5.74, 6) is -4.41. The number of nitrogens with one attached hydrogen (secondary N) is 2. The highest BCUT2D eigenvalue weighted by Crippen LogP contribution is 2.47. The summed E-state index contributed by atoms with van der Waals surface area (Å²) < 4.78 is 108. The average molecular weight is 776 g/mol. The average Bonchev–Trinajstić information content (AvgIpc) is 3.07. The number of allylic oxidation sites excluding steroid dienone is 2. The second-order valence-electron chi connectivity index (χ2n) is 13.4. The normalized spacial score (nSPS) is 18.1. The lowest BCUT2D eigenvalue weighted by molar-refractivity contribution is -0.171. The number of hydrogen-bond donors (Lipinski definition) is 3. The van der Waals surface area contributed by atoms with E-state index in [1.807, 2.05) is 6.92 Å². The van der Waals surface area contributed by atoms with Crippen LogP contribution in [-0.4, -0.2) is 91.1 Å². The molecular weight excluding hydrogens is 727 g/mol. The highest BCUT2D eigenvalue weighted by molar-refractivity contribution is 6.25. The maximum absolute atomic E-state index is 15.8. The molecular formula is C37H48F7N5O5. The van der Waals surface area contributed by atoms with Gasteiger partial charge >= 0.3 is 12.4 Å². The van der Waals surface area contributed by atoms with Gasteiger partial charge in [0, 0.05) is 45.4 Å². The molecule has 2 atom stereocenters. The van der Waals surface area contributed by atoms with Gasteiger partial charge in [-0.2, -0.15) is 26.3 Å². The van der Waals surface area contributed by atoms with Gasteiger partial charge in [0.1, 0.15) is 22.9 Å². The molecule has 1 saturated carbocycles. The van der Waals surface area contributed by atoms with Gasteiger partial charge in [-0.05, 0) is 82.0 Å². The summed E-state index contributed by atoms with van der Waals surface area (Å²) in [6.45, 7) is 7.12. The van der Waals surface area contributed by atoms with E-state index in [9.17, 15) is 41.0 Å². The number of ether oxygens (including phenoxy) is 2. The fourth-order valence-electron chi connectivity index (χ4n) is 6.20. The van der Waals surface area contributed by atoms with Gasteiger partial charge in [-0.15, -0.1) is 0 Å². The fraction of sp³-hybridized carbons (Fsp3) is 0.568. The van der Waals surface area contributed by atoms with Crippen LogP contribution in [0.2, 0.25) is 0 Å². The van der Waals surface area contributed by atoms with E-state index in [4.69, 9.17) is 14.9 Å². The van der Waals surface area contributed by atoms with Crippen molar-refractivity contribution >= 4 is 29.9 Å². The molecule has 1 aromatic carbocycles. The van der Waals surface area contributed by atoms with Crippen LogP contribution in [0.5, 0.6) is 0 Å². The third-order valence-electron chi connectivity index (χ3n) is 9.57. The molecule has 1 heterocycles. The first-order valence-electron chi connectivity index (χ1n) is 17.7. The molecule has 3 N–H and O–H groups in total. The molecule has 300 valence electrons. The summed E-state index contributed by atoms with van der Waals surface area (Å²) in [7, 11) is 3.14. The minimum atomic E-state index is -5.10. The molecule has 0 aromatic heterocycles. The molecule has 2 amide bonds. The van der Waals surface area contributed by atoms with Crippen molar-refractivity contribution in [3.05, 3.63) is 64.3 Å². The van der Waals surface area contributed by atoms with E-state index in [1.165, 1.54) is 18.1 Å². The minimum absolute atomic E-state index is 0.144. The number of likely N-dealkylation sites (N-methyl/N-ethyl adjacent to an activating group) is 1. The van der Waals surface area contributed by atoms with E-state index in [1.54, 1.807) is 14.0 Å². The third kappa shape index (κ3) is 10.8. The minimum Gasteiger partial charge on any atom is -0.509 e. The summed E-state index contributed by atoms with van der Waals surface area (Å²) in [5, 5.41) is 24.4. The van der Waals surface area contributed by atoms with Crippen molar-refractivity contribution in [3.8, 4) is 0 Å². The molecule has 2 aliphatic rings. The molecule has 1 spiro atoms. The Morgan fingerprint density at radius 3 is 2.37 bits per heavy atom. The highest BCUT2D eigenvalue weighted by Gasteiger charge is 2.55. The zero-order valence-corrected chi connectivity index (χ0v) is 30.8. The number of hydrogen-bond acceptors (Lipinski definition) is 8. The maximum atomic E-state index is 15.8. The lowest BCUT2D eigenvalue weighted by Crippen LogP contribution is -2.66. The number of anilines is 1. The van der Waals surface area contributed by atoms with Crippen molar-refractivity contribution in [2.24, 2.45) is 10.9 Å². The van der Waals surface area contributed by atoms with Gasteiger partial charge < -0.3 is 25.3 Å². The monoisotopic (exact) mass is 775 g/mol. The summed E-state index contributed by atoms with van der Waals surface area (Å²) in [5.41, 5.74) is -7.46. The Hall–Kier alpha value is -4.09. The molecule has 10 nitrogen and oxygen atoms in total. The number of hydrazine groups is 1. The number of amides is 2. The second-order valence-corrected chi connectivity index (χ2v) is 13.4. The SMILES string of the molecule is C=N/C(=C\C(=N)c1cc(C(F)(F)F)ccc1NC(=O)C1=C(O)C2(CCC2)N(C)N(CC(C)/C(F)=C\C(CCCC)OCCCCCOC)C1=O)C(F)(F)F. The molecule has 0 bridgehead atoms. The van der Waals surface area contributed by atoms with Crippen LogP contribution in [0.1, 0.15) is 82.8 Å². The van der Waals surface area contributed by atoms with Gasteiger partial charge in [-0.3, -0.25) is 19.6 Å². The number of unbranched alkanes of at least 4 members (excludes halogenated alkanes) is 3. The van der Waals surface area contributed by atoms with E-state index in [0.717, 1.165) is 43.2 Å². The highest BCUT2D eigenvalue weighted by atomic mass is 19.4. The molecule has 1 aliphatic heterocycles. The van der Waals surface area contributed by atoms with Gasteiger partial charge in [0.15, 0.2) is 0 Å². The first kappa shape index (κ1) is 44.3. The smallest absolute Gasteiger partial charge is 0.433 e. The number of aliphatic hydroxyl groups excluding tert-OH is 1. The molecule has 17 heteroatoms. The summed E-state index contributed by atoms with van der Waals surface area (Å²) >= 11 is 0. The molecule has 0 saturated heterocycles. The van der Waals surface area contributed by atoms with Crippen molar-refractivity contribution < 1.29 is 54.9 Å². The first-order chi connectivity index (χ1) is 25.3. The number of benzene rings is 1. The van der Waals surface area contributed by atoms with Crippen LogP contribution in [0.25, 0.3) is 0 Å². The number of halogens is 7. The molecule has 1 aliphatic carbocycles. The molecule has 1 fully saturated rings. The van der Waals surface area contributed by atoms with Crippen LogP contribution in [0.15, 0.2) is 58.2 Å². The number of alkyl halides is 6. The molecule has 0 radical (unpaired) electrons. The van der Waals surface area contributed by atoms with Crippen molar-refractivity contribution in [3.63, 3.8) is 0 Å². The second kappa shape index (κ2) is 19.0. The molecule has 1 aromatic rings. The lowest BCUT2D eigenvalue weighted by atomic mass is 9.72. The Kier molecular flexibility index (Phi) is 15.6. The van der Waals surface area contributed by atoms with Crippen LogP contribution in [0, 0.1) is 11.3 Å². The third-order valence-corrected chi connectivity index (χ3v) is 9.57. The number of carbonyl (C=O) groups is 2. The van der Waals surface area contributed by atoms with E-state index in [-0.39, 0.29) is 12.6 Å². The number of aliphatic imine (C=N–C) groups is 1. The number of rotatable bonds is 19. The maximum Gasteiger partial charge on any atom is 0.433 e. The Labute approximate surface area is 310 Å². The number of aliphatic hydroxyl groups is 1. The summed E-state index contributed by atoms with van der Waals surface area (Å²) in [4.78, 5) is 30.6. The van der Waals surface area contributed by atoms with Gasteiger partial charge in [0.2, 0.25) is 0 Å².